The fraction of sp³-hybridized carbons (Fsp3) is 0.250. The summed E-state index contributed by atoms with van der Waals surface area (Å²) in [7, 11) is 3.27. The quantitative estimate of drug-likeness (QED) is 0.934. The Balaban J connectivity index is 2.45. The molecule has 0 radical (unpaired) electrons. The predicted molar refractivity (Wildman–Crippen MR) is 81.8 cm³/mol. The van der Waals surface area contributed by atoms with Gasteiger partial charge in [-0.05, 0) is 42.3 Å². The van der Waals surface area contributed by atoms with Crippen molar-refractivity contribution in [3.63, 3.8) is 0 Å². The Hall–Kier alpha value is -1.71. The van der Waals surface area contributed by atoms with E-state index in [9.17, 15) is 0 Å². The summed E-state index contributed by atoms with van der Waals surface area (Å²) in [5.74, 6) is 1.54. The molecule has 0 fully saturated rings. The summed E-state index contributed by atoms with van der Waals surface area (Å²) in [6.45, 7) is 1.99. The Morgan fingerprint density at radius 3 is 2.35 bits per heavy atom. The van der Waals surface area contributed by atoms with Crippen molar-refractivity contribution in [1.29, 1.82) is 0 Å². The molecule has 0 bridgehead atoms. The minimum absolute atomic E-state index is 0.321. The highest BCUT2D eigenvalue weighted by Crippen LogP contribution is 2.32. The Labute approximate surface area is 124 Å². The number of halogens is 1. The van der Waals surface area contributed by atoms with E-state index in [-0.39, 0.29) is 6.04 Å². The molecule has 2 aromatic rings. The molecule has 1 unspecified atom stereocenters. The van der Waals surface area contributed by atoms with Crippen LogP contribution in [0.3, 0.4) is 0 Å². The van der Waals surface area contributed by atoms with Crippen molar-refractivity contribution in [2.75, 3.05) is 14.2 Å². The first-order chi connectivity index (χ1) is 9.56. The van der Waals surface area contributed by atoms with Crippen LogP contribution in [0.5, 0.6) is 11.5 Å². The van der Waals surface area contributed by atoms with Crippen LogP contribution < -0.4 is 15.2 Å². The molecule has 106 valence electrons. The predicted octanol–water partition coefficient (Wildman–Crippen LogP) is 3.71. The molecule has 0 heterocycles. The van der Waals surface area contributed by atoms with Gasteiger partial charge in [-0.25, -0.2) is 0 Å². The number of methoxy groups -OCH3 is 2. The lowest BCUT2D eigenvalue weighted by Gasteiger charge is -2.18. The molecule has 0 saturated heterocycles. The van der Waals surface area contributed by atoms with E-state index in [1.54, 1.807) is 20.3 Å². The Kier molecular flexibility index (Phi) is 4.53. The molecule has 0 aromatic heterocycles. The number of ether oxygens (including phenoxy) is 2. The molecular formula is C16H18ClNO2. The van der Waals surface area contributed by atoms with Gasteiger partial charge in [0.2, 0.25) is 0 Å². The van der Waals surface area contributed by atoms with Crippen LogP contribution in [0, 0.1) is 6.92 Å². The lowest BCUT2D eigenvalue weighted by molar-refractivity contribution is 0.406. The van der Waals surface area contributed by atoms with Crippen LogP contribution in [0.1, 0.15) is 22.7 Å². The van der Waals surface area contributed by atoms with Crippen molar-refractivity contribution < 1.29 is 9.47 Å². The van der Waals surface area contributed by atoms with Crippen LogP contribution in [-0.4, -0.2) is 14.2 Å². The number of rotatable bonds is 4. The van der Waals surface area contributed by atoms with Crippen LogP contribution in [0.4, 0.5) is 0 Å². The van der Waals surface area contributed by atoms with Crippen LogP contribution in [-0.2, 0) is 0 Å². The molecule has 2 aromatic carbocycles. The van der Waals surface area contributed by atoms with Gasteiger partial charge in [0.05, 0.1) is 20.3 Å². The minimum Gasteiger partial charge on any atom is -0.496 e. The number of hydrogen-bond acceptors (Lipinski definition) is 3. The monoisotopic (exact) mass is 291 g/mol. The highest BCUT2D eigenvalue weighted by Gasteiger charge is 2.16. The zero-order valence-electron chi connectivity index (χ0n) is 11.8. The van der Waals surface area contributed by atoms with E-state index in [1.807, 2.05) is 37.3 Å². The summed E-state index contributed by atoms with van der Waals surface area (Å²) in [5.41, 5.74) is 9.22. The third kappa shape index (κ3) is 2.89. The van der Waals surface area contributed by atoms with E-state index in [4.69, 9.17) is 26.8 Å². The summed E-state index contributed by atoms with van der Waals surface area (Å²) in [4.78, 5) is 0. The van der Waals surface area contributed by atoms with E-state index in [0.29, 0.717) is 5.02 Å². The van der Waals surface area contributed by atoms with Crippen molar-refractivity contribution in [1.82, 2.24) is 0 Å². The fourth-order valence-corrected chi connectivity index (χ4v) is 2.34. The van der Waals surface area contributed by atoms with Crippen molar-refractivity contribution in [2.24, 2.45) is 5.73 Å². The maximum absolute atomic E-state index is 6.34. The zero-order chi connectivity index (χ0) is 14.7. The maximum Gasteiger partial charge on any atom is 0.124 e. The van der Waals surface area contributed by atoms with Gasteiger partial charge in [-0.15, -0.1) is 0 Å². The molecule has 0 aliphatic carbocycles. The summed E-state index contributed by atoms with van der Waals surface area (Å²) in [6, 6.07) is 11.0. The van der Waals surface area contributed by atoms with Crippen molar-refractivity contribution in [3.8, 4) is 11.5 Å². The summed E-state index contributed by atoms with van der Waals surface area (Å²) in [6.07, 6.45) is 0. The second kappa shape index (κ2) is 6.16. The molecule has 3 nitrogen and oxygen atoms in total. The first kappa shape index (κ1) is 14.7. The first-order valence-electron chi connectivity index (χ1n) is 6.30. The van der Waals surface area contributed by atoms with Crippen LogP contribution in [0.2, 0.25) is 5.02 Å². The van der Waals surface area contributed by atoms with Crippen LogP contribution in [0.15, 0.2) is 36.4 Å². The molecule has 20 heavy (non-hydrogen) atoms. The van der Waals surface area contributed by atoms with Gasteiger partial charge in [0.1, 0.15) is 11.5 Å². The largest absolute Gasteiger partial charge is 0.496 e. The average Bonchev–Trinajstić information content (AvgIpc) is 2.47. The van der Waals surface area contributed by atoms with E-state index in [0.717, 1.165) is 28.2 Å². The average molecular weight is 292 g/mol. The number of hydrogen-bond donors (Lipinski definition) is 1. The topological polar surface area (TPSA) is 44.5 Å². The van der Waals surface area contributed by atoms with E-state index in [1.165, 1.54) is 0 Å². The highest BCUT2D eigenvalue weighted by atomic mass is 35.5. The second-order valence-corrected chi connectivity index (χ2v) is 5.03. The van der Waals surface area contributed by atoms with Gasteiger partial charge in [-0.1, -0.05) is 23.7 Å². The van der Waals surface area contributed by atoms with E-state index in [2.05, 4.69) is 0 Å². The van der Waals surface area contributed by atoms with Crippen LogP contribution in [0.25, 0.3) is 0 Å². The van der Waals surface area contributed by atoms with Gasteiger partial charge in [0, 0.05) is 10.6 Å². The number of nitrogens with two attached hydrogens (primary N) is 1. The fourth-order valence-electron chi connectivity index (χ4n) is 2.16. The highest BCUT2D eigenvalue weighted by molar-refractivity contribution is 6.30. The Morgan fingerprint density at radius 2 is 1.70 bits per heavy atom. The number of aryl methyl sites for hydroxylation is 1. The van der Waals surface area contributed by atoms with Gasteiger partial charge < -0.3 is 15.2 Å². The minimum atomic E-state index is -0.321. The molecular weight excluding hydrogens is 274 g/mol. The molecule has 2 N–H and O–H groups in total. The molecule has 0 saturated carbocycles. The van der Waals surface area contributed by atoms with Crippen molar-refractivity contribution in [3.05, 3.63) is 58.1 Å². The molecule has 0 aliphatic heterocycles. The molecule has 1 atom stereocenters. The van der Waals surface area contributed by atoms with Crippen molar-refractivity contribution >= 4 is 11.6 Å². The van der Waals surface area contributed by atoms with E-state index >= 15 is 0 Å². The third-order valence-electron chi connectivity index (χ3n) is 3.32. The second-order valence-electron chi connectivity index (χ2n) is 4.59. The van der Waals surface area contributed by atoms with Gasteiger partial charge in [0.25, 0.3) is 0 Å². The van der Waals surface area contributed by atoms with Crippen molar-refractivity contribution in [2.45, 2.75) is 13.0 Å². The van der Waals surface area contributed by atoms with Gasteiger partial charge in [-0.2, -0.15) is 0 Å². The molecule has 0 spiro atoms. The summed E-state index contributed by atoms with van der Waals surface area (Å²) >= 11 is 6.05. The normalized spacial score (nSPS) is 12.1. The lowest BCUT2D eigenvalue weighted by atomic mass is 9.97. The first-order valence-corrected chi connectivity index (χ1v) is 6.68. The molecule has 4 heteroatoms. The summed E-state index contributed by atoms with van der Waals surface area (Å²) in [5, 5.41) is 0.635. The SMILES string of the molecule is COc1cc(C(N)c2cc(Cl)ccc2OC)ccc1C. The van der Waals surface area contributed by atoms with Gasteiger partial charge >= 0.3 is 0 Å². The van der Waals surface area contributed by atoms with E-state index < -0.39 is 0 Å². The van der Waals surface area contributed by atoms with Gasteiger partial charge in [0.15, 0.2) is 0 Å². The smallest absolute Gasteiger partial charge is 0.124 e. The maximum atomic E-state index is 6.34. The summed E-state index contributed by atoms with van der Waals surface area (Å²) < 4.78 is 10.7. The third-order valence-corrected chi connectivity index (χ3v) is 3.55. The lowest BCUT2D eigenvalue weighted by Crippen LogP contribution is -2.13. The standard InChI is InChI=1S/C16H18ClNO2/c1-10-4-5-11(8-15(10)20-3)16(18)13-9-12(17)6-7-14(13)19-2/h4-9,16H,18H2,1-3H3. The Morgan fingerprint density at radius 1 is 1.00 bits per heavy atom. The molecule has 0 amide bonds. The Bertz CT molecular complexity index is 613. The zero-order valence-corrected chi connectivity index (χ0v) is 12.6. The number of benzene rings is 2. The molecule has 0 aliphatic rings. The molecule has 2 rings (SSSR count). The van der Waals surface area contributed by atoms with Crippen LogP contribution >= 0.6 is 11.6 Å². The van der Waals surface area contributed by atoms with Gasteiger partial charge in [-0.3, -0.25) is 0 Å².